The highest BCUT2D eigenvalue weighted by molar-refractivity contribution is 6.35. The van der Waals surface area contributed by atoms with E-state index in [1.807, 2.05) is 6.07 Å². The summed E-state index contributed by atoms with van der Waals surface area (Å²) in [6.07, 6.45) is 1.27. The highest BCUT2D eigenvalue weighted by atomic mass is 35.5. The van der Waals surface area contributed by atoms with Crippen LogP contribution in [-0.2, 0) is 0 Å². The van der Waals surface area contributed by atoms with Crippen LogP contribution in [-0.4, -0.2) is 14.5 Å². The Balaban J connectivity index is 1.97. The van der Waals surface area contributed by atoms with Crippen LogP contribution in [0.15, 0.2) is 53.5 Å². The molecule has 0 aliphatic heterocycles. The van der Waals surface area contributed by atoms with Crippen LogP contribution in [0.4, 0.5) is 20.5 Å². The molecule has 0 bridgehead atoms. The van der Waals surface area contributed by atoms with E-state index in [1.165, 1.54) is 12.3 Å². The van der Waals surface area contributed by atoms with E-state index in [2.05, 4.69) is 15.3 Å². The molecule has 4 rings (SSSR count). The van der Waals surface area contributed by atoms with Gasteiger partial charge in [-0.1, -0.05) is 23.7 Å². The van der Waals surface area contributed by atoms with Crippen LogP contribution in [0.1, 0.15) is 24.2 Å². The minimum Gasteiger partial charge on any atom is -0.368 e. The van der Waals surface area contributed by atoms with E-state index in [4.69, 9.17) is 17.3 Å². The number of aromatic nitrogens is 3. The lowest BCUT2D eigenvalue weighted by atomic mass is 10.1. The molecule has 7 nitrogen and oxygen atoms in total. The molecular formula is C22H15ClF2N6O. The van der Waals surface area contributed by atoms with Gasteiger partial charge in [0.25, 0.3) is 5.56 Å². The number of fused-ring (bicyclic) bond motifs is 1. The second-order valence-corrected chi connectivity index (χ2v) is 7.39. The third-order valence-electron chi connectivity index (χ3n) is 4.90. The van der Waals surface area contributed by atoms with Gasteiger partial charge in [-0.3, -0.25) is 9.36 Å². The molecule has 0 radical (unpaired) electrons. The Morgan fingerprint density at radius 2 is 2.03 bits per heavy atom. The molecule has 0 saturated heterocycles. The Bertz CT molecular complexity index is 1460. The quantitative estimate of drug-likeness (QED) is 0.476. The summed E-state index contributed by atoms with van der Waals surface area (Å²) >= 11 is 6.26. The van der Waals surface area contributed by atoms with E-state index in [1.54, 1.807) is 31.2 Å². The molecule has 32 heavy (non-hydrogen) atoms. The third-order valence-corrected chi connectivity index (χ3v) is 5.21. The first kappa shape index (κ1) is 21.2. The molecule has 0 spiro atoms. The number of benzene rings is 2. The summed E-state index contributed by atoms with van der Waals surface area (Å²) in [5.74, 6) is -1.60. The van der Waals surface area contributed by atoms with Crippen molar-refractivity contribution in [1.29, 1.82) is 5.26 Å². The molecule has 2 aromatic heterocycles. The molecule has 10 heteroatoms. The maximum absolute atomic E-state index is 14.7. The number of nitriles is 1. The van der Waals surface area contributed by atoms with Crippen molar-refractivity contribution in [3.05, 3.63) is 86.9 Å². The minimum absolute atomic E-state index is 0.0500. The second kappa shape index (κ2) is 8.24. The Labute approximate surface area is 185 Å². The number of nitrogen functional groups attached to an aromatic ring is 1. The van der Waals surface area contributed by atoms with Crippen LogP contribution >= 0.6 is 11.6 Å². The standard InChI is InChI=1S/C22H15ClF2N6O/c1-11(29-20-13(9-26)10-28-22(27)30-20)18-7-12-3-2-4-15(23)19(12)21(32)31(18)17-6-5-14(24)8-16(17)25/h2-8,10-11H,1H3,(H3,27,28,29,30). The molecule has 1 unspecified atom stereocenters. The SMILES string of the molecule is CC(Nc1nc(N)ncc1C#N)c1cc2cccc(Cl)c2c(=O)n1-c1ccc(F)cc1F. The first-order chi connectivity index (χ1) is 15.3. The molecule has 160 valence electrons. The normalized spacial score (nSPS) is 11.8. The number of halogens is 3. The number of rotatable bonds is 4. The predicted molar refractivity (Wildman–Crippen MR) is 118 cm³/mol. The van der Waals surface area contributed by atoms with Gasteiger partial charge in [0.15, 0.2) is 0 Å². The highest BCUT2D eigenvalue weighted by Gasteiger charge is 2.21. The molecular weight excluding hydrogens is 438 g/mol. The van der Waals surface area contributed by atoms with E-state index >= 15 is 0 Å². The van der Waals surface area contributed by atoms with Crippen LogP contribution < -0.4 is 16.6 Å². The molecule has 0 aliphatic rings. The van der Waals surface area contributed by atoms with Gasteiger partial charge in [0.2, 0.25) is 5.95 Å². The van der Waals surface area contributed by atoms with Crippen LogP contribution in [0.2, 0.25) is 5.02 Å². The summed E-state index contributed by atoms with van der Waals surface area (Å²) in [5.41, 5.74) is 5.38. The van der Waals surface area contributed by atoms with E-state index in [9.17, 15) is 18.8 Å². The summed E-state index contributed by atoms with van der Waals surface area (Å²) in [4.78, 5) is 21.3. The van der Waals surface area contributed by atoms with Gasteiger partial charge in [-0.25, -0.2) is 13.8 Å². The van der Waals surface area contributed by atoms with Gasteiger partial charge in [0.1, 0.15) is 29.1 Å². The molecule has 2 aromatic carbocycles. The highest BCUT2D eigenvalue weighted by Crippen LogP contribution is 2.28. The largest absolute Gasteiger partial charge is 0.368 e. The van der Waals surface area contributed by atoms with E-state index in [0.29, 0.717) is 17.1 Å². The molecule has 4 aromatic rings. The molecule has 1 atom stereocenters. The first-order valence-electron chi connectivity index (χ1n) is 9.39. The monoisotopic (exact) mass is 452 g/mol. The number of pyridine rings is 1. The van der Waals surface area contributed by atoms with Crippen molar-refractivity contribution in [1.82, 2.24) is 14.5 Å². The van der Waals surface area contributed by atoms with Crippen molar-refractivity contribution in [2.45, 2.75) is 13.0 Å². The number of hydrogen-bond acceptors (Lipinski definition) is 6. The lowest BCUT2D eigenvalue weighted by Gasteiger charge is -2.22. The van der Waals surface area contributed by atoms with Gasteiger partial charge in [-0.2, -0.15) is 10.2 Å². The average molecular weight is 453 g/mol. The Kier molecular flexibility index (Phi) is 5.47. The number of nitrogens with zero attached hydrogens (tertiary/aromatic N) is 4. The third kappa shape index (κ3) is 3.72. The summed E-state index contributed by atoms with van der Waals surface area (Å²) in [7, 11) is 0. The van der Waals surface area contributed by atoms with Crippen molar-refractivity contribution in [3.63, 3.8) is 0 Å². The first-order valence-corrected chi connectivity index (χ1v) is 9.76. The van der Waals surface area contributed by atoms with Crippen molar-refractivity contribution in [2.75, 3.05) is 11.1 Å². The van der Waals surface area contributed by atoms with E-state index < -0.39 is 23.2 Å². The average Bonchev–Trinajstić information content (AvgIpc) is 2.74. The van der Waals surface area contributed by atoms with Gasteiger partial charge in [0.05, 0.1) is 28.3 Å². The molecule has 0 amide bonds. The fraction of sp³-hybridized carbons (Fsp3) is 0.0909. The minimum atomic E-state index is -0.920. The van der Waals surface area contributed by atoms with Gasteiger partial charge in [-0.15, -0.1) is 0 Å². The van der Waals surface area contributed by atoms with Gasteiger partial charge >= 0.3 is 0 Å². The summed E-state index contributed by atoms with van der Waals surface area (Å²) in [5, 5.41) is 13.3. The van der Waals surface area contributed by atoms with Crippen LogP contribution in [0, 0.1) is 23.0 Å². The van der Waals surface area contributed by atoms with Crippen molar-refractivity contribution in [3.8, 4) is 11.8 Å². The molecule has 0 saturated carbocycles. The lowest BCUT2D eigenvalue weighted by molar-refractivity contribution is 0.574. The van der Waals surface area contributed by atoms with Crippen molar-refractivity contribution < 1.29 is 8.78 Å². The van der Waals surface area contributed by atoms with Gasteiger partial charge < -0.3 is 11.1 Å². The van der Waals surface area contributed by atoms with Crippen molar-refractivity contribution >= 4 is 34.1 Å². The summed E-state index contributed by atoms with van der Waals surface area (Å²) in [6.45, 7) is 1.70. The number of anilines is 2. The Hall–Kier alpha value is -4.03. The maximum atomic E-state index is 14.7. The Morgan fingerprint density at radius 1 is 1.25 bits per heavy atom. The van der Waals surface area contributed by atoms with E-state index in [0.717, 1.165) is 10.6 Å². The maximum Gasteiger partial charge on any atom is 0.264 e. The Morgan fingerprint density at radius 3 is 2.75 bits per heavy atom. The summed E-state index contributed by atoms with van der Waals surface area (Å²) in [6, 6.07) is 10.8. The molecule has 2 heterocycles. The van der Waals surface area contributed by atoms with E-state index in [-0.39, 0.29) is 33.4 Å². The topological polar surface area (TPSA) is 110 Å². The van der Waals surface area contributed by atoms with Gasteiger partial charge in [-0.05, 0) is 36.6 Å². The zero-order chi connectivity index (χ0) is 23.0. The zero-order valence-electron chi connectivity index (χ0n) is 16.6. The molecule has 0 fully saturated rings. The van der Waals surface area contributed by atoms with Crippen LogP contribution in [0.5, 0.6) is 0 Å². The number of nitrogens with two attached hydrogens (primary N) is 1. The molecule has 0 aliphatic carbocycles. The fourth-order valence-corrected chi connectivity index (χ4v) is 3.70. The van der Waals surface area contributed by atoms with Crippen molar-refractivity contribution in [2.24, 2.45) is 0 Å². The molecule has 3 N–H and O–H groups in total. The van der Waals surface area contributed by atoms with Crippen LogP contribution in [0.25, 0.3) is 16.5 Å². The van der Waals surface area contributed by atoms with Crippen LogP contribution in [0.3, 0.4) is 0 Å². The van der Waals surface area contributed by atoms with Gasteiger partial charge in [0, 0.05) is 11.8 Å². The smallest absolute Gasteiger partial charge is 0.264 e. The fourth-order valence-electron chi connectivity index (χ4n) is 3.44. The predicted octanol–water partition coefficient (Wildman–Crippen LogP) is 4.34. The number of hydrogen-bond donors (Lipinski definition) is 2. The zero-order valence-corrected chi connectivity index (χ0v) is 17.4. The summed E-state index contributed by atoms with van der Waals surface area (Å²) < 4.78 is 29.4. The number of nitrogens with one attached hydrogen (secondary N) is 1. The lowest BCUT2D eigenvalue weighted by Crippen LogP contribution is -2.27. The second-order valence-electron chi connectivity index (χ2n) is 6.98.